The van der Waals surface area contributed by atoms with Gasteiger partial charge in [0.15, 0.2) is 0 Å². The summed E-state index contributed by atoms with van der Waals surface area (Å²) in [6, 6.07) is 0. The van der Waals surface area contributed by atoms with Crippen molar-refractivity contribution in [3.8, 4) is 0 Å². The highest BCUT2D eigenvalue weighted by molar-refractivity contribution is 5.78. The molecule has 0 amide bonds. The highest BCUT2D eigenvalue weighted by Gasteiger charge is 2.21. The summed E-state index contributed by atoms with van der Waals surface area (Å²) in [4.78, 5) is 22.9. The quantitative estimate of drug-likeness (QED) is 0.0991. The van der Waals surface area contributed by atoms with E-state index in [1.807, 2.05) is 6.92 Å². The Hall–Kier alpha value is -1.32. The molecule has 0 aliphatic rings. The van der Waals surface area contributed by atoms with Crippen LogP contribution in [0.4, 0.5) is 0 Å². The van der Waals surface area contributed by atoms with Crippen LogP contribution in [0.2, 0.25) is 0 Å². The third-order valence-electron chi connectivity index (χ3n) is 5.79. The number of carboxylic acid groups (broad SMARTS) is 1. The fourth-order valence-corrected chi connectivity index (χ4v) is 3.78. The summed E-state index contributed by atoms with van der Waals surface area (Å²) in [7, 11) is 0. The lowest BCUT2D eigenvalue weighted by Gasteiger charge is -2.11. The topological polar surface area (TPSA) is 63.6 Å². The minimum absolute atomic E-state index is 0.00576. The summed E-state index contributed by atoms with van der Waals surface area (Å²) >= 11 is 0. The lowest BCUT2D eigenvalue weighted by molar-refractivity contribution is -0.151. The van der Waals surface area contributed by atoms with E-state index in [2.05, 4.69) is 19.1 Å². The molecule has 0 aromatic heterocycles. The summed E-state index contributed by atoms with van der Waals surface area (Å²) in [5.41, 5.74) is 0. The molecule has 182 valence electrons. The molecule has 31 heavy (non-hydrogen) atoms. The predicted molar refractivity (Wildman–Crippen MR) is 130 cm³/mol. The van der Waals surface area contributed by atoms with Crippen molar-refractivity contribution >= 4 is 11.9 Å². The van der Waals surface area contributed by atoms with E-state index >= 15 is 0 Å². The molecule has 0 radical (unpaired) electrons. The first-order valence-electron chi connectivity index (χ1n) is 13.1. The molecule has 0 aromatic rings. The summed E-state index contributed by atoms with van der Waals surface area (Å²) in [5.74, 6) is -1.89. The van der Waals surface area contributed by atoms with Gasteiger partial charge >= 0.3 is 11.9 Å². The fourth-order valence-electron chi connectivity index (χ4n) is 3.78. The lowest BCUT2D eigenvalue weighted by atomic mass is 9.97. The molecule has 0 spiro atoms. The number of carboxylic acids is 1. The molecular formula is C27H50O4. The second kappa shape index (κ2) is 23.3. The fraction of sp³-hybridized carbons (Fsp3) is 0.852. The van der Waals surface area contributed by atoms with E-state index in [0.29, 0.717) is 13.0 Å². The van der Waals surface area contributed by atoms with E-state index in [1.54, 1.807) is 0 Å². The van der Waals surface area contributed by atoms with Gasteiger partial charge in [0, 0.05) is 0 Å². The molecule has 4 nitrogen and oxygen atoms in total. The van der Waals surface area contributed by atoms with Crippen molar-refractivity contribution in [2.24, 2.45) is 5.92 Å². The highest BCUT2D eigenvalue weighted by atomic mass is 16.5. The second-order valence-corrected chi connectivity index (χ2v) is 8.89. The maximum absolute atomic E-state index is 11.6. The minimum Gasteiger partial charge on any atom is -0.481 e. The SMILES string of the molecule is CCCCCCCCCCCCC/C=C/CCCCCC(CC(=O)OCCC)C(=O)O. The van der Waals surface area contributed by atoms with Crippen molar-refractivity contribution in [3.05, 3.63) is 12.2 Å². The smallest absolute Gasteiger partial charge is 0.307 e. The number of ether oxygens (including phenoxy) is 1. The van der Waals surface area contributed by atoms with Crippen molar-refractivity contribution in [1.29, 1.82) is 0 Å². The van der Waals surface area contributed by atoms with Gasteiger partial charge in [0.2, 0.25) is 0 Å². The molecule has 0 heterocycles. The lowest BCUT2D eigenvalue weighted by Crippen LogP contribution is -2.19. The number of rotatable bonds is 23. The number of hydrogen-bond acceptors (Lipinski definition) is 3. The van der Waals surface area contributed by atoms with Crippen LogP contribution in [0.3, 0.4) is 0 Å². The molecule has 4 heteroatoms. The Morgan fingerprint density at radius 1 is 0.710 bits per heavy atom. The third kappa shape index (κ3) is 21.7. The van der Waals surface area contributed by atoms with E-state index in [-0.39, 0.29) is 12.4 Å². The molecular weight excluding hydrogens is 388 g/mol. The average Bonchev–Trinajstić information content (AvgIpc) is 2.75. The molecule has 1 N–H and O–H groups in total. The number of carbonyl (C=O) groups is 2. The van der Waals surface area contributed by atoms with Gasteiger partial charge in [0.1, 0.15) is 0 Å². The Morgan fingerprint density at radius 2 is 1.19 bits per heavy atom. The largest absolute Gasteiger partial charge is 0.481 e. The molecule has 0 aromatic carbocycles. The monoisotopic (exact) mass is 438 g/mol. The van der Waals surface area contributed by atoms with E-state index in [0.717, 1.165) is 32.1 Å². The van der Waals surface area contributed by atoms with Gasteiger partial charge in [-0.3, -0.25) is 9.59 Å². The van der Waals surface area contributed by atoms with Crippen LogP contribution in [-0.4, -0.2) is 23.7 Å². The zero-order valence-electron chi connectivity index (χ0n) is 20.5. The van der Waals surface area contributed by atoms with Crippen LogP contribution in [0, 0.1) is 5.92 Å². The van der Waals surface area contributed by atoms with Crippen molar-refractivity contribution in [3.63, 3.8) is 0 Å². The van der Waals surface area contributed by atoms with Crippen LogP contribution < -0.4 is 0 Å². The molecule has 1 atom stereocenters. The van der Waals surface area contributed by atoms with Crippen molar-refractivity contribution in [1.82, 2.24) is 0 Å². The van der Waals surface area contributed by atoms with Gasteiger partial charge in [-0.1, -0.05) is 103 Å². The number of carbonyl (C=O) groups excluding carboxylic acids is 1. The number of allylic oxidation sites excluding steroid dienone is 2. The average molecular weight is 439 g/mol. The van der Waals surface area contributed by atoms with E-state index in [9.17, 15) is 14.7 Å². The van der Waals surface area contributed by atoms with Crippen LogP contribution in [-0.2, 0) is 14.3 Å². The number of esters is 1. The zero-order chi connectivity index (χ0) is 23.0. The maximum atomic E-state index is 11.6. The van der Waals surface area contributed by atoms with Crippen LogP contribution in [0.15, 0.2) is 12.2 Å². The van der Waals surface area contributed by atoms with Crippen LogP contribution in [0.5, 0.6) is 0 Å². The molecule has 0 rings (SSSR count). The Labute approximate surface area is 192 Å². The molecule has 0 aliphatic carbocycles. The Kier molecular flexibility index (Phi) is 22.4. The normalized spacial score (nSPS) is 12.3. The van der Waals surface area contributed by atoms with Gasteiger partial charge < -0.3 is 9.84 Å². The van der Waals surface area contributed by atoms with Crippen LogP contribution in [0.1, 0.15) is 136 Å². The van der Waals surface area contributed by atoms with Crippen LogP contribution >= 0.6 is 0 Å². The zero-order valence-corrected chi connectivity index (χ0v) is 20.5. The standard InChI is InChI=1S/C27H50O4/c1-3-5-6-7-8-9-10-11-12-13-14-15-16-17-18-19-20-21-22-25(27(29)30)24-26(28)31-23-4-2/h16-17,25H,3-15,18-24H2,1-2H3,(H,29,30)/b17-16+. The Morgan fingerprint density at radius 3 is 1.68 bits per heavy atom. The summed E-state index contributed by atoms with van der Waals surface area (Å²) in [6.07, 6.45) is 26.3. The summed E-state index contributed by atoms with van der Waals surface area (Å²) in [6.45, 7) is 4.57. The minimum atomic E-state index is -0.889. The van der Waals surface area contributed by atoms with Gasteiger partial charge in [-0.05, 0) is 38.5 Å². The van der Waals surface area contributed by atoms with Gasteiger partial charge in [-0.25, -0.2) is 0 Å². The molecule has 0 saturated carbocycles. The number of unbranched alkanes of at least 4 members (excludes halogenated alkanes) is 14. The second-order valence-electron chi connectivity index (χ2n) is 8.89. The molecule has 0 bridgehead atoms. The van der Waals surface area contributed by atoms with Crippen molar-refractivity contribution < 1.29 is 19.4 Å². The van der Waals surface area contributed by atoms with E-state index < -0.39 is 11.9 Å². The first kappa shape index (κ1) is 29.7. The first-order valence-corrected chi connectivity index (χ1v) is 13.1. The predicted octanol–water partition coefficient (Wildman–Crippen LogP) is 8.24. The molecule has 0 fully saturated rings. The van der Waals surface area contributed by atoms with E-state index in [1.165, 1.54) is 77.0 Å². The van der Waals surface area contributed by atoms with Crippen LogP contribution in [0.25, 0.3) is 0 Å². The summed E-state index contributed by atoms with van der Waals surface area (Å²) < 4.78 is 5.00. The highest BCUT2D eigenvalue weighted by Crippen LogP contribution is 2.16. The summed E-state index contributed by atoms with van der Waals surface area (Å²) in [5, 5.41) is 9.27. The van der Waals surface area contributed by atoms with E-state index in [4.69, 9.17) is 4.74 Å². The van der Waals surface area contributed by atoms with Crippen molar-refractivity contribution in [2.75, 3.05) is 6.61 Å². The number of aliphatic carboxylic acids is 1. The maximum Gasteiger partial charge on any atom is 0.307 e. The van der Waals surface area contributed by atoms with Gasteiger partial charge in [-0.15, -0.1) is 0 Å². The van der Waals surface area contributed by atoms with Crippen molar-refractivity contribution in [2.45, 2.75) is 136 Å². The van der Waals surface area contributed by atoms with Gasteiger partial charge in [0.05, 0.1) is 18.9 Å². The third-order valence-corrected chi connectivity index (χ3v) is 5.79. The van der Waals surface area contributed by atoms with Gasteiger partial charge in [-0.2, -0.15) is 0 Å². The Bertz CT molecular complexity index is 445. The Balaban J connectivity index is 3.48. The first-order chi connectivity index (χ1) is 15.1. The molecule has 0 saturated heterocycles. The molecule has 0 aliphatic heterocycles. The molecule has 1 unspecified atom stereocenters. The van der Waals surface area contributed by atoms with Gasteiger partial charge in [0.25, 0.3) is 0 Å². The number of hydrogen-bond donors (Lipinski definition) is 1.